The lowest BCUT2D eigenvalue weighted by molar-refractivity contribution is -0.132. The third-order valence-corrected chi connectivity index (χ3v) is 7.17. The van der Waals surface area contributed by atoms with Crippen molar-refractivity contribution in [2.75, 3.05) is 18.8 Å². The molecule has 1 N–H and O–H groups in total. The SMILES string of the molecule is COc1cc(C)c(/C(O)=C2\C(=O)C(=O)N(c3ccc4c(c3)OCO4)C2c2ccc(C(C)(C)C)cc2)cc1C. The predicted octanol–water partition coefficient (Wildman–Crippen LogP) is 5.96. The molecule has 0 spiro atoms. The topological polar surface area (TPSA) is 85.3 Å². The average Bonchev–Trinajstić information content (AvgIpc) is 3.46. The molecule has 1 atom stereocenters. The van der Waals surface area contributed by atoms with Gasteiger partial charge in [-0.2, -0.15) is 0 Å². The average molecular weight is 514 g/mol. The molecule has 7 nitrogen and oxygen atoms in total. The Morgan fingerprint density at radius 3 is 2.29 bits per heavy atom. The molecule has 0 saturated carbocycles. The van der Waals surface area contributed by atoms with E-state index in [2.05, 4.69) is 20.8 Å². The number of methoxy groups -OCH3 is 1. The van der Waals surface area contributed by atoms with Gasteiger partial charge in [-0.15, -0.1) is 0 Å². The van der Waals surface area contributed by atoms with Crippen molar-refractivity contribution in [1.82, 2.24) is 0 Å². The van der Waals surface area contributed by atoms with Crippen molar-refractivity contribution in [3.63, 3.8) is 0 Å². The lowest BCUT2D eigenvalue weighted by Crippen LogP contribution is -2.29. The van der Waals surface area contributed by atoms with Crippen LogP contribution in [0.15, 0.2) is 60.2 Å². The monoisotopic (exact) mass is 513 g/mol. The Bertz CT molecular complexity index is 1480. The number of aryl methyl sites for hydroxylation is 2. The number of anilines is 1. The normalized spacial score (nSPS) is 18.3. The van der Waals surface area contributed by atoms with Crippen molar-refractivity contribution in [2.45, 2.75) is 46.1 Å². The molecular formula is C31H31NO6. The highest BCUT2D eigenvalue weighted by Gasteiger charge is 2.47. The van der Waals surface area contributed by atoms with Gasteiger partial charge >= 0.3 is 0 Å². The van der Waals surface area contributed by atoms with Crippen LogP contribution in [0.25, 0.3) is 5.76 Å². The molecule has 1 amide bonds. The summed E-state index contributed by atoms with van der Waals surface area (Å²) in [5.41, 5.74) is 4.25. The van der Waals surface area contributed by atoms with E-state index in [-0.39, 0.29) is 23.5 Å². The lowest BCUT2D eigenvalue weighted by Gasteiger charge is -2.27. The van der Waals surface area contributed by atoms with Crippen molar-refractivity contribution >= 4 is 23.1 Å². The molecule has 3 aromatic carbocycles. The second-order valence-corrected chi connectivity index (χ2v) is 10.7. The second-order valence-electron chi connectivity index (χ2n) is 10.7. The van der Waals surface area contributed by atoms with Gasteiger partial charge in [0.25, 0.3) is 11.7 Å². The number of aliphatic hydroxyl groups excluding tert-OH is 1. The zero-order chi connectivity index (χ0) is 27.4. The zero-order valence-corrected chi connectivity index (χ0v) is 22.4. The summed E-state index contributed by atoms with van der Waals surface area (Å²) in [4.78, 5) is 28.6. The summed E-state index contributed by atoms with van der Waals surface area (Å²) in [5, 5.41) is 11.6. The highest BCUT2D eigenvalue weighted by Crippen LogP contribution is 2.45. The van der Waals surface area contributed by atoms with Crippen LogP contribution in [0.1, 0.15) is 54.6 Å². The third kappa shape index (κ3) is 4.18. The molecule has 0 radical (unpaired) electrons. The predicted molar refractivity (Wildman–Crippen MR) is 145 cm³/mol. The fourth-order valence-corrected chi connectivity index (χ4v) is 5.02. The Labute approximate surface area is 222 Å². The molecule has 0 aliphatic carbocycles. The summed E-state index contributed by atoms with van der Waals surface area (Å²) in [5.74, 6) is 0.0404. The molecule has 38 heavy (non-hydrogen) atoms. The van der Waals surface area contributed by atoms with Crippen LogP contribution in [-0.4, -0.2) is 30.7 Å². The molecule has 7 heteroatoms. The maximum atomic E-state index is 13.6. The van der Waals surface area contributed by atoms with Crippen LogP contribution in [0.4, 0.5) is 5.69 Å². The molecule has 196 valence electrons. The van der Waals surface area contributed by atoms with Gasteiger partial charge in [-0.05, 0) is 65.8 Å². The van der Waals surface area contributed by atoms with E-state index in [1.165, 1.54) is 4.90 Å². The van der Waals surface area contributed by atoms with Gasteiger partial charge < -0.3 is 19.3 Å². The molecule has 1 saturated heterocycles. The standard InChI is InChI=1S/C31H31NO6/c1-17-14-24(36-6)18(2)13-22(17)28(33)26-27(19-7-9-20(10-8-19)31(3,4)5)32(30(35)29(26)34)21-11-12-23-25(15-21)38-16-37-23/h7-15,27,33H,16H2,1-6H3/b28-26+. The van der Waals surface area contributed by atoms with Gasteiger partial charge in [0.2, 0.25) is 6.79 Å². The summed E-state index contributed by atoms with van der Waals surface area (Å²) in [6, 6.07) is 15.7. The number of carbonyl (C=O) groups is 2. The lowest BCUT2D eigenvalue weighted by atomic mass is 9.85. The van der Waals surface area contributed by atoms with E-state index in [0.29, 0.717) is 34.1 Å². The van der Waals surface area contributed by atoms with Crippen molar-refractivity contribution < 1.29 is 28.9 Å². The summed E-state index contributed by atoms with van der Waals surface area (Å²) in [6.45, 7) is 10.1. The van der Waals surface area contributed by atoms with Crippen LogP contribution in [-0.2, 0) is 15.0 Å². The van der Waals surface area contributed by atoms with E-state index in [0.717, 1.165) is 16.7 Å². The number of carbonyl (C=O) groups excluding carboxylic acids is 2. The molecule has 1 fully saturated rings. The molecule has 5 rings (SSSR count). The Morgan fingerprint density at radius 2 is 1.63 bits per heavy atom. The summed E-state index contributed by atoms with van der Waals surface area (Å²) in [7, 11) is 1.58. The first-order valence-corrected chi connectivity index (χ1v) is 12.5. The Morgan fingerprint density at radius 1 is 0.947 bits per heavy atom. The van der Waals surface area contributed by atoms with Gasteiger partial charge in [0.15, 0.2) is 11.5 Å². The zero-order valence-electron chi connectivity index (χ0n) is 22.4. The molecule has 2 heterocycles. The first-order valence-electron chi connectivity index (χ1n) is 12.5. The van der Waals surface area contributed by atoms with E-state index >= 15 is 0 Å². The highest BCUT2D eigenvalue weighted by molar-refractivity contribution is 6.51. The van der Waals surface area contributed by atoms with Gasteiger partial charge in [0, 0.05) is 17.3 Å². The maximum Gasteiger partial charge on any atom is 0.300 e. The number of nitrogens with zero attached hydrogens (tertiary/aromatic N) is 1. The summed E-state index contributed by atoms with van der Waals surface area (Å²) < 4.78 is 16.4. The summed E-state index contributed by atoms with van der Waals surface area (Å²) in [6.07, 6.45) is 0. The highest BCUT2D eigenvalue weighted by atomic mass is 16.7. The molecular weight excluding hydrogens is 482 g/mol. The quantitative estimate of drug-likeness (QED) is 0.263. The Balaban J connectivity index is 1.72. The maximum absolute atomic E-state index is 13.6. The largest absolute Gasteiger partial charge is 0.507 e. The van der Waals surface area contributed by atoms with Gasteiger partial charge in [0.05, 0.1) is 18.7 Å². The van der Waals surface area contributed by atoms with E-state index in [9.17, 15) is 14.7 Å². The number of fused-ring (bicyclic) bond motifs is 1. The number of ether oxygens (including phenoxy) is 3. The van der Waals surface area contributed by atoms with Crippen LogP contribution >= 0.6 is 0 Å². The molecule has 0 bridgehead atoms. The Kier molecular flexibility index (Phi) is 6.18. The second kappa shape index (κ2) is 9.24. The first-order chi connectivity index (χ1) is 18.0. The van der Waals surface area contributed by atoms with Crippen LogP contribution in [0.5, 0.6) is 17.2 Å². The molecule has 0 aromatic heterocycles. The number of benzene rings is 3. The van der Waals surface area contributed by atoms with E-state index < -0.39 is 17.7 Å². The van der Waals surface area contributed by atoms with Crippen molar-refractivity contribution in [2.24, 2.45) is 0 Å². The van der Waals surface area contributed by atoms with Gasteiger partial charge in [-0.1, -0.05) is 45.0 Å². The molecule has 1 unspecified atom stereocenters. The molecule has 2 aliphatic rings. The van der Waals surface area contributed by atoms with Gasteiger partial charge in [0.1, 0.15) is 11.5 Å². The fraction of sp³-hybridized carbons (Fsp3) is 0.290. The van der Waals surface area contributed by atoms with Crippen LogP contribution in [0, 0.1) is 13.8 Å². The number of hydrogen-bond donors (Lipinski definition) is 1. The Hall–Kier alpha value is -4.26. The number of ketones is 1. The number of hydrogen-bond acceptors (Lipinski definition) is 6. The number of Topliss-reactive ketones (excluding diaryl/α,β-unsaturated/α-hetero) is 1. The minimum atomic E-state index is -0.841. The van der Waals surface area contributed by atoms with E-state index in [4.69, 9.17) is 14.2 Å². The minimum Gasteiger partial charge on any atom is -0.507 e. The smallest absolute Gasteiger partial charge is 0.300 e. The van der Waals surface area contributed by atoms with E-state index in [1.54, 1.807) is 31.4 Å². The number of aliphatic hydroxyl groups is 1. The van der Waals surface area contributed by atoms with Crippen molar-refractivity contribution in [1.29, 1.82) is 0 Å². The third-order valence-electron chi connectivity index (χ3n) is 7.17. The van der Waals surface area contributed by atoms with Crippen molar-refractivity contribution in [3.05, 3.63) is 88.0 Å². The van der Waals surface area contributed by atoms with E-state index in [1.807, 2.05) is 44.2 Å². The summed E-state index contributed by atoms with van der Waals surface area (Å²) >= 11 is 0. The number of rotatable bonds is 4. The van der Waals surface area contributed by atoms with Crippen LogP contribution < -0.4 is 19.1 Å². The van der Waals surface area contributed by atoms with Gasteiger partial charge in [-0.3, -0.25) is 14.5 Å². The molecule has 2 aliphatic heterocycles. The first kappa shape index (κ1) is 25.4. The van der Waals surface area contributed by atoms with Crippen LogP contribution in [0.2, 0.25) is 0 Å². The van der Waals surface area contributed by atoms with Gasteiger partial charge in [-0.25, -0.2) is 0 Å². The minimum absolute atomic E-state index is 0.0313. The fourth-order valence-electron chi connectivity index (χ4n) is 5.02. The molecule has 3 aromatic rings. The van der Waals surface area contributed by atoms with Crippen LogP contribution in [0.3, 0.4) is 0 Å². The number of amides is 1. The van der Waals surface area contributed by atoms with Crippen molar-refractivity contribution in [3.8, 4) is 17.2 Å².